The Labute approximate surface area is 161 Å². The van der Waals surface area contributed by atoms with Crippen LogP contribution in [-0.4, -0.2) is 59.9 Å². The van der Waals surface area contributed by atoms with Crippen molar-refractivity contribution in [3.63, 3.8) is 0 Å². The van der Waals surface area contributed by atoms with Crippen molar-refractivity contribution in [2.24, 2.45) is 5.73 Å². The molecule has 9 heteroatoms. The third-order valence-electron chi connectivity index (χ3n) is 5.52. The van der Waals surface area contributed by atoms with Crippen molar-refractivity contribution < 1.29 is 23.9 Å². The highest BCUT2D eigenvalue weighted by Gasteiger charge is 2.45. The molecule has 0 aliphatic carbocycles. The Balaban J connectivity index is 1.56. The number of ether oxygens (including phenoxy) is 1. The summed E-state index contributed by atoms with van der Waals surface area (Å²) in [6.07, 6.45) is 0.987. The number of hydrogen-bond donors (Lipinski definition) is 3. The Bertz CT molecular complexity index is 855. The number of nitrogens with zero attached hydrogens (tertiary/aromatic N) is 1. The Morgan fingerprint density at radius 3 is 2.75 bits per heavy atom. The van der Waals surface area contributed by atoms with Crippen LogP contribution in [0.1, 0.15) is 45.5 Å². The Hall–Kier alpha value is -2.62. The molecular weight excluding hydrogens is 364 g/mol. The summed E-state index contributed by atoms with van der Waals surface area (Å²) in [6.45, 7) is 1.48. The fraction of sp³-hybridized carbons (Fsp3) is 0.474. The monoisotopic (exact) mass is 386 g/mol. The molecule has 3 atom stereocenters. The highest BCUT2D eigenvalue weighted by atomic mass is 16.5. The van der Waals surface area contributed by atoms with E-state index in [9.17, 15) is 19.2 Å². The average molecular weight is 386 g/mol. The van der Waals surface area contributed by atoms with Crippen LogP contribution in [0.15, 0.2) is 18.2 Å². The van der Waals surface area contributed by atoms with Gasteiger partial charge in [0, 0.05) is 31.7 Å². The summed E-state index contributed by atoms with van der Waals surface area (Å²) in [5.74, 6) is -2.02. The van der Waals surface area contributed by atoms with E-state index in [4.69, 9.17) is 10.5 Å². The van der Waals surface area contributed by atoms with Crippen molar-refractivity contribution in [2.75, 3.05) is 13.2 Å². The molecule has 9 nitrogen and oxygen atoms in total. The lowest BCUT2D eigenvalue weighted by atomic mass is 10.0. The fourth-order valence-corrected chi connectivity index (χ4v) is 3.94. The van der Waals surface area contributed by atoms with Gasteiger partial charge >= 0.3 is 0 Å². The summed E-state index contributed by atoms with van der Waals surface area (Å²) in [5.41, 5.74) is 7.35. The molecule has 0 bridgehead atoms. The van der Waals surface area contributed by atoms with Gasteiger partial charge < -0.3 is 15.8 Å². The van der Waals surface area contributed by atoms with Gasteiger partial charge in [0.15, 0.2) is 0 Å². The summed E-state index contributed by atoms with van der Waals surface area (Å²) in [7, 11) is 0. The van der Waals surface area contributed by atoms with Gasteiger partial charge in [0.2, 0.25) is 11.8 Å². The van der Waals surface area contributed by atoms with E-state index in [0.29, 0.717) is 30.9 Å². The number of amides is 4. The largest absolute Gasteiger partial charge is 0.380 e. The molecule has 2 fully saturated rings. The fourth-order valence-electron chi connectivity index (χ4n) is 3.94. The van der Waals surface area contributed by atoms with Gasteiger partial charge in [0.1, 0.15) is 6.04 Å². The number of fused-ring (bicyclic) bond motifs is 1. The Morgan fingerprint density at radius 2 is 2.00 bits per heavy atom. The summed E-state index contributed by atoms with van der Waals surface area (Å²) in [5, 5.41) is 5.50. The molecule has 2 saturated heterocycles. The zero-order valence-corrected chi connectivity index (χ0v) is 15.3. The molecule has 0 spiro atoms. The van der Waals surface area contributed by atoms with Crippen molar-refractivity contribution >= 4 is 23.6 Å². The lowest BCUT2D eigenvalue weighted by Gasteiger charge is -2.29. The lowest BCUT2D eigenvalue weighted by Crippen LogP contribution is -2.54. The van der Waals surface area contributed by atoms with Gasteiger partial charge in [-0.25, -0.2) is 0 Å². The number of carbonyl (C=O) groups is 4. The highest BCUT2D eigenvalue weighted by Crippen LogP contribution is 2.30. The summed E-state index contributed by atoms with van der Waals surface area (Å²) in [4.78, 5) is 50.4. The molecule has 0 radical (unpaired) electrons. The van der Waals surface area contributed by atoms with E-state index in [1.54, 1.807) is 18.2 Å². The van der Waals surface area contributed by atoms with E-state index < -0.39 is 29.7 Å². The van der Waals surface area contributed by atoms with Crippen LogP contribution in [0.4, 0.5) is 0 Å². The van der Waals surface area contributed by atoms with Crippen LogP contribution in [0.2, 0.25) is 0 Å². The molecule has 1 aromatic carbocycles. The second-order valence-corrected chi connectivity index (χ2v) is 7.30. The van der Waals surface area contributed by atoms with Crippen molar-refractivity contribution in [3.05, 3.63) is 34.9 Å². The second kappa shape index (κ2) is 7.42. The van der Waals surface area contributed by atoms with Gasteiger partial charge in [-0.3, -0.25) is 29.4 Å². The van der Waals surface area contributed by atoms with Gasteiger partial charge in [-0.1, -0.05) is 12.1 Å². The van der Waals surface area contributed by atoms with Crippen LogP contribution in [0.3, 0.4) is 0 Å². The van der Waals surface area contributed by atoms with Crippen LogP contribution in [0, 0.1) is 0 Å². The van der Waals surface area contributed by atoms with Gasteiger partial charge in [-0.05, 0) is 24.5 Å². The molecule has 4 N–H and O–H groups in total. The van der Waals surface area contributed by atoms with Gasteiger partial charge in [-0.2, -0.15) is 0 Å². The maximum absolute atomic E-state index is 13.0. The van der Waals surface area contributed by atoms with E-state index in [0.717, 1.165) is 11.3 Å². The number of carbonyl (C=O) groups excluding carboxylic acids is 4. The predicted octanol–water partition coefficient (Wildman–Crippen LogP) is -0.706. The number of hydrogen-bond acceptors (Lipinski definition) is 7. The molecule has 1 unspecified atom stereocenters. The normalized spacial score (nSPS) is 27.8. The van der Waals surface area contributed by atoms with E-state index in [-0.39, 0.29) is 30.5 Å². The number of piperidine rings is 1. The number of nitrogens with two attached hydrogens (primary N) is 1. The standard InChI is InChI=1S/C19H22N4O5/c20-12-6-7-28-9-13(12)21-8-10-2-1-3-11-16(10)19(27)23(18(11)26)14-4-5-15(24)22-17(14)25/h1-3,12-14,21H,4-9,20H2,(H,22,24,25)/t12-,13+,14?/m1/s1. The molecule has 0 saturated carbocycles. The van der Waals surface area contributed by atoms with Crippen molar-refractivity contribution in [2.45, 2.75) is 43.9 Å². The number of rotatable bonds is 4. The number of benzene rings is 1. The molecular formula is C19H22N4O5. The van der Waals surface area contributed by atoms with Crippen LogP contribution >= 0.6 is 0 Å². The molecule has 3 aliphatic heterocycles. The van der Waals surface area contributed by atoms with Crippen molar-refractivity contribution in [1.82, 2.24) is 15.5 Å². The van der Waals surface area contributed by atoms with Crippen LogP contribution in [0.25, 0.3) is 0 Å². The molecule has 148 valence electrons. The smallest absolute Gasteiger partial charge is 0.262 e. The van der Waals surface area contributed by atoms with E-state index in [2.05, 4.69) is 10.6 Å². The zero-order chi connectivity index (χ0) is 19.8. The van der Waals surface area contributed by atoms with Crippen molar-refractivity contribution in [1.29, 1.82) is 0 Å². The van der Waals surface area contributed by atoms with Gasteiger partial charge in [0.05, 0.1) is 17.7 Å². The number of nitrogens with one attached hydrogen (secondary N) is 2. The number of imide groups is 2. The third-order valence-corrected chi connectivity index (χ3v) is 5.52. The minimum atomic E-state index is -0.967. The minimum Gasteiger partial charge on any atom is -0.380 e. The zero-order valence-electron chi connectivity index (χ0n) is 15.3. The summed E-state index contributed by atoms with van der Waals surface area (Å²) in [6, 6.07) is 4.03. The van der Waals surface area contributed by atoms with Crippen LogP contribution in [-0.2, 0) is 20.9 Å². The van der Waals surface area contributed by atoms with E-state index >= 15 is 0 Å². The first-order chi connectivity index (χ1) is 13.5. The van der Waals surface area contributed by atoms with Gasteiger partial charge in [0.25, 0.3) is 11.8 Å². The molecule has 3 aliphatic rings. The second-order valence-electron chi connectivity index (χ2n) is 7.30. The predicted molar refractivity (Wildman–Crippen MR) is 97.2 cm³/mol. The molecule has 3 heterocycles. The molecule has 1 aromatic rings. The SMILES string of the molecule is N[C@@H]1CCOC[C@@H]1NCc1cccc2c1C(=O)N(C1CCC(=O)NC1=O)C2=O. The summed E-state index contributed by atoms with van der Waals surface area (Å²) >= 11 is 0. The van der Waals surface area contributed by atoms with Crippen molar-refractivity contribution in [3.8, 4) is 0 Å². The molecule has 28 heavy (non-hydrogen) atoms. The maximum Gasteiger partial charge on any atom is 0.262 e. The van der Waals surface area contributed by atoms with E-state index in [1.807, 2.05) is 0 Å². The Morgan fingerprint density at radius 1 is 1.18 bits per heavy atom. The Kier molecular flexibility index (Phi) is 4.96. The van der Waals surface area contributed by atoms with Gasteiger partial charge in [-0.15, -0.1) is 0 Å². The van der Waals surface area contributed by atoms with E-state index in [1.165, 1.54) is 0 Å². The summed E-state index contributed by atoms with van der Waals surface area (Å²) < 4.78 is 5.44. The molecule has 4 amide bonds. The average Bonchev–Trinajstić information content (AvgIpc) is 2.93. The third kappa shape index (κ3) is 3.21. The molecule has 0 aromatic heterocycles. The lowest BCUT2D eigenvalue weighted by molar-refractivity contribution is -0.136. The quantitative estimate of drug-likeness (QED) is 0.583. The highest BCUT2D eigenvalue weighted by molar-refractivity contribution is 6.24. The minimum absolute atomic E-state index is 0.0388. The molecule has 4 rings (SSSR count). The van der Waals surface area contributed by atoms with Crippen LogP contribution < -0.4 is 16.4 Å². The van der Waals surface area contributed by atoms with Crippen LogP contribution in [0.5, 0.6) is 0 Å². The maximum atomic E-state index is 13.0. The first-order valence-electron chi connectivity index (χ1n) is 9.37. The first kappa shape index (κ1) is 18.7. The topological polar surface area (TPSA) is 131 Å². The first-order valence-corrected chi connectivity index (χ1v) is 9.37.